The predicted octanol–water partition coefficient (Wildman–Crippen LogP) is 2.05. The number of halogens is 1. The second-order valence-corrected chi connectivity index (χ2v) is 8.75. The van der Waals surface area contributed by atoms with Gasteiger partial charge in [0.15, 0.2) is 0 Å². The van der Waals surface area contributed by atoms with Crippen LogP contribution in [0.2, 0.25) is 5.02 Å². The first-order valence-electron chi connectivity index (χ1n) is 7.42. The van der Waals surface area contributed by atoms with E-state index >= 15 is 0 Å². The van der Waals surface area contributed by atoms with E-state index in [1.807, 2.05) is 12.1 Å². The zero-order valence-corrected chi connectivity index (χ0v) is 13.8. The van der Waals surface area contributed by atoms with Crippen LogP contribution in [0.25, 0.3) is 0 Å². The molecule has 1 aromatic carbocycles. The minimum Gasteiger partial charge on any atom is -0.298 e. The minimum atomic E-state index is -3.02. The Balaban J connectivity index is 1.58. The van der Waals surface area contributed by atoms with Gasteiger partial charge in [0.05, 0.1) is 5.75 Å². The maximum absolute atomic E-state index is 11.9. The first-order valence-corrected chi connectivity index (χ1v) is 9.41. The second-order valence-electron chi connectivity index (χ2n) is 6.06. The van der Waals surface area contributed by atoms with E-state index < -0.39 is 10.0 Å². The smallest absolute Gasteiger partial charge is 0.213 e. The Bertz CT molecular complexity index is 589. The van der Waals surface area contributed by atoms with E-state index in [0.717, 1.165) is 24.7 Å². The third-order valence-corrected chi connectivity index (χ3v) is 6.67. The third kappa shape index (κ3) is 3.26. The van der Waals surface area contributed by atoms with Crippen LogP contribution in [-0.2, 0) is 16.6 Å². The van der Waals surface area contributed by atoms with Crippen LogP contribution in [0.1, 0.15) is 12.5 Å². The van der Waals surface area contributed by atoms with Crippen molar-refractivity contribution in [3.05, 3.63) is 34.9 Å². The van der Waals surface area contributed by atoms with Gasteiger partial charge in [-0.15, -0.1) is 0 Å². The van der Waals surface area contributed by atoms with Crippen LogP contribution in [-0.4, -0.2) is 49.6 Å². The Morgan fingerprint density at radius 3 is 2.19 bits per heavy atom. The Hall–Kier alpha value is -0.620. The standard InChI is InChI=1S/C15H21ClN2O2S/c1-2-21(19,20)18-10-13-8-17(9-14(13)11-18)7-12-3-5-15(16)6-4-12/h3-6,13-14H,2,7-11H2,1H3/t13-,14+. The largest absolute Gasteiger partial charge is 0.298 e. The Kier molecular flexibility index (Phi) is 4.28. The molecule has 4 nitrogen and oxygen atoms in total. The van der Waals surface area contributed by atoms with Gasteiger partial charge in [0.25, 0.3) is 0 Å². The highest BCUT2D eigenvalue weighted by atomic mass is 35.5. The van der Waals surface area contributed by atoms with Crippen molar-refractivity contribution in [3.8, 4) is 0 Å². The average molecular weight is 329 g/mol. The molecule has 0 aromatic heterocycles. The van der Waals surface area contributed by atoms with Crippen molar-refractivity contribution >= 4 is 21.6 Å². The van der Waals surface area contributed by atoms with E-state index in [0.29, 0.717) is 24.9 Å². The maximum atomic E-state index is 11.9. The van der Waals surface area contributed by atoms with Gasteiger partial charge in [-0.3, -0.25) is 4.90 Å². The number of fused-ring (bicyclic) bond motifs is 1. The summed E-state index contributed by atoms with van der Waals surface area (Å²) >= 11 is 5.90. The molecular formula is C15H21ClN2O2S. The zero-order chi connectivity index (χ0) is 15.0. The molecule has 1 aromatic rings. The summed E-state index contributed by atoms with van der Waals surface area (Å²) in [6, 6.07) is 7.96. The molecule has 0 N–H and O–H groups in total. The summed E-state index contributed by atoms with van der Waals surface area (Å²) in [6.07, 6.45) is 0. The molecule has 0 aliphatic carbocycles. The van der Waals surface area contributed by atoms with E-state index in [4.69, 9.17) is 11.6 Å². The number of hydrogen-bond donors (Lipinski definition) is 0. The van der Waals surface area contributed by atoms with Gasteiger partial charge < -0.3 is 0 Å². The Labute approximate surface area is 131 Å². The average Bonchev–Trinajstić information content (AvgIpc) is 3.00. The van der Waals surface area contributed by atoms with Crippen LogP contribution in [0, 0.1) is 11.8 Å². The summed E-state index contributed by atoms with van der Waals surface area (Å²) in [4.78, 5) is 2.43. The van der Waals surface area contributed by atoms with Crippen molar-refractivity contribution in [3.63, 3.8) is 0 Å². The molecule has 0 bridgehead atoms. The first-order chi connectivity index (χ1) is 9.98. The summed E-state index contributed by atoms with van der Waals surface area (Å²) in [5.74, 6) is 1.18. The summed E-state index contributed by atoms with van der Waals surface area (Å²) < 4.78 is 25.6. The fourth-order valence-electron chi connectivity index (χ4n) is 3.43. The minimum absolute atomic E-state index is 0.209. The second kappa shape index (κ2) is 5.88. The lowest BCUT2D eigenvalue weighted by atomic mass is 10.0. The number of hydrogen-bond acceptors (Lipinski definition) is 3. The molecule has 2 aliphatic rings. The predicted molar refractivity (Wildman–Crippen MR) is 84.7 cm³/mol. The molecule has 2 saturated heterocycles. The van der Waals surface area contributed by atoms with E-state index in [-0.39, 0.29) is 5.75 Å². The SMILES string of the molecule is CCS(=O)(=O)N1C[C@H]2CN(Cc3ccc(Cl)cc3)C[C@H]2C1. The highest BCUT2D eigenvalue weighted by Gasteiger charge is 2.43. The molecule has 3 rings (SSSR count). The van der Waals surface area contributed by atoms with Gasteiger partial charge in [0, 0.05) is 37.7 Å². The molecule has 0 amide bonds. The van der Waals surface area contributed by atoms with Crippen LogP contribution in [0.15, 0.2) is 24.3 Å². The molecule has 2 heterocycles. The van der Waals surface area contributed by atoms with E-state index in [1.165, 1.54) is 5.56 Å². The van der Waals surface area contributed by atoms with Crippen LogP contribution in [0.3, 0.4) is 0 Å². The third-order valence-electron chi connectivity index (χ3n) is 4.61. The summed E-state index contributed by atoms with van der Waals surface area (Å²) in [5.41, 5.74) is 1.26. The Morgan fingerprint density at radius 2 is 1.67 bits per heavy atom. The van der Waals surface area contributed by atoms with Crippen molar-refractivity contribution < 1.29 is 8.42 Å². The number of likely N-dealkylation sites (tertiary alicyclic amines) is 1. The monoisotopic (exact) mass is 328 g/mol. The van der Waals surface area contributed by atoms with Crippen molar-refractivity contribution in [2.45, 2.75) is 13.5 Å². The van der Waals surface area contributed by atoms with Crippen LogP contribution < -0.4 is 0 Å². The number of nitrogens with zero attached hydrogens (tertiary/aromatic N) is 2. The van der Waals surface area contributed by atoms with Gasteiger partial charge >= 0.3 is 0 Å². The van der Waals surface area contributed by atoms with Crippen molar-refractivity contribution in [2.24, 2.45) is 11.8 Å². The number of rotatable bonds is 4. The lowest BCUT2D eigenvalue weighted by Crippen LogP contribution is -2.34. The van der Waals surface area contributed by atoms with Gasteiger partial charge in [-0.25, -0.2) is 12.7 Å². The Morgan fingerprint density at radius 1 is 1.10 bits per heavy atom. The van der Waals surface area contributed by atoms with Gasteiger partial charge in [-0.1, -0.05) is 23.7 Å². The molecule has 0 spiro atoms. The fourth-order valence-corrected chi connectivity index (χ4v) is 4.76. The summed E-state index contributed by atoms with van der Waals surface area (Å²) in [7, 11) is -3.02. The topological polar surface area (TPSA) is 40.6 Å². The molecule has 2 aliphatic heterocycles. The summed E-state index contributed by atoms with van der Waals surface area (Å²) in [5, 5.41) is 0.762. The quantitative estimate of drug-likeness (QED) is 0.849. The normalized spacial score (nSPS) is 27.1. The van der Waals surface area contributed by atoms with E-state index in [9.17, 15) is 8.42 Å². The molecule has 0 saturated carbocycles. The van der Waals surface area contributed by atoms with Crippen LogP contribution in [0.4, 0.5) is 0 Å². The molecule has 6 heteroatoms. The maximum Gasteiger partial charge on any atom is 0.213 e. The molecular weight excluding hydrogens is 308 g/mol. The molecule has 0 radical (unpaired) electrons. The molecule has 0 unspecified atom stereocenters. The van der Waals surface area contributed by atoms with Gasteiger partial charge in [-0.2, -0.15) is 0 Å². The number of sulfonamides is 1. The lowest BCUT2D eigenvalue weighted by molar-refractivity contribution is 0.290. The molecule has 21 heavy (non-hydrogen) atoms. The van der Waals surface area contributed by atoms with Crippen molar-refractivity contribution in [1.82, 2.24) is 9.21 Å². The highest BCUT2D eigenvalue weighted by Crippen LogP contribution is 2.33. The van der Waals surface area contributed by atoms with Crippen LogP contribution >= 0.6 is 11.6 Å². The molecule has 116 valence electrons. The molecule has 2 fully saturated rings. The molecule has 2 atom stereocenters. The fraction of sp³-hybridized carbons (Fsp3) is 0.600. The van der Waals surface area contributed by atoms with E-state index in [2.05, 4.69) is 17.0 Å². The number of benzene rings is 1. The highest BCUT2D eigenvalue weighted by molar-refractivity contribution is 7.89. The van der Waals surface area contributed by atoms with Gasteiger partial charge in [-0.05, 0) is 36.5 Å². The zero-order valence-electron chi connectivity index (χ0n) is 12.2. The van der Waals surface area contributed by atoms with Crippen molar-refractivity contribution in [2.75, 3.05) is 31.9 Å². The van der Waals surface area contributed by atoms with Gasteiger partial charge in [0.2, 0.25) is 10.0 Å². The van der Waals surface area contributed by atoms with Crippen molar-refractivity contribution in [1.29, 1.82) is 0 Å². The first kappa shape index (κ1) is 15.3. The van der Waals surface area contributed by atoms with E-state index in [1.54, 1.807) is 11.2 Å². The van der Waals surface area contributed by atoms with Crippen LogP contribution in [0.5, 0.6) is 0 Å². The summed E-state index contributed by atoms with van der Waals surface area (Å²) in [6.45, 7) is 6.00. The lowest BCUT2D eigenvalue weighted by Gasteiger charge is -2.21. The van der Waals surface area contributed by atoms with Gasteiger partial charge in [0.1, 0.15) is 0 Å².